The predicted octanol–water partition coefficient (Wildman–Crippen LogP) is 6.21. The number of nitriles is 1. The van der Waals surface area contributed by atoms with Crippen LogP contribution in [-0.2, 0) is 6.18 Å². The fourth-order valence-corrected chi connectivity index (χ4v) is 3.63. The Kier molecular flexibility index (Phi) is 4.78. The second-order valence-corrected chi connectivity index (χ2v) is 7.75. The molecule has 1 aliphatic rings. The van der Waals surface area contributed by atoms with E-state index in [9.17, 15) is 27.2 Å². The number of halogens is 5. The highest BCUT2D eigenvalue weighted by Gasteiger charge is 2.32. The molecular weight excluding hydrogens is 441 g/mol. The molecule has 0 bridgehead atoms. The molecule has 0 amide bonds. The fraction of sp³-hybridized carbons (Fsp3) is 0.174. The number of fused-ring (bicyclic) bond motifs is 1. The van der Waals surface area contributed by atoms with Crippen LogP contribution < -0.4 is 5.32 Å². The zero-order valence-electron chi connectivity index (χ0n) is 16.8. The summed E-state index contributed by atoms with van der Waals surface area (Å²) in [5.74, 6) is -0.605. The van der Waals surface area contributed by atoms with Crippen molar-refractivity contribution in [2.45, 2.75) is 24.9 Å². The number of imidazole rings is 1. The van der Waals surface area contributed by atoms with Crippen molar-refractivity contribution < 1.29 is 22.0 Å². The van der Waals surface area contributed by atoms with Crippen molar-refractivity contribution in [1.29, 1.82) is 5.26 Å². The van der Waals surface area contributed by atoms with Crippen LogP contribution in [0.3, 0.4) is 0 Å². The van der Waals surface area contributed by atoms with Crippen molar-refractivity contribution in [2.75, 3.05) is 5.32 Å². The van der Waals surface area contributed by atoms with Crippen LogP contribution in [0, 0.1) is 23.0 Å². The maximum atomic E-state index is 14.4. The minimum Gasteiger partial charge on any atom is -0.340 e. The smallest absolute Gasteiger partial charge is 0.340 e. The van der Waals surface area contributed by atoms with E-state index in [-0.39, 0.29) is 34.2 Å². The molecule has 10 heteroatoms. The van der Waals surface area contributed by atoms with Crippen molar-refractivity contribution in [3.63, 3.8) is 0 Å². The van der Waals surface area contributed by atoms with E-state index >= 15 is 0 Å². The predicted molar refractivity (Wildman–Crippen MR) is 110 cm³/mol. The maximum absolute atomic E-state index is 14.4. The average molecular weight is 455 g/mol. The first-order chi connectivity index (χ1) is 15.7. The number of hydrogen-bond donors (Lipinski definition) is 1. The molecule has 0 saturated heterocycles. The molecule has 0 unspecified atom stereocenters. The highest BCUT2D eigenvalue weighted by atomic mass is 19.4. The first-order valence-corrected chi connectivity index (χ1v) is 9.97. The zero-order valence-corrected chi connectivity index (χ0v) is 16.8. The molecule has 1 saturated carbocycles. The fourth-order valence-electron chi connectivity index (χ4n) is 3.63. The van der Waals surface area contributed by atoms with Gasteiger partial charge in [0.1, 0.15) is 28.8 Å². The molecular formula is C23H14F5N5. The Balaban J connectivity index is 1.61. The SMILES string of the molecule is N#Cc1cc(Nc2ccc(C(F)(F)F)cc2)nc(-n2c(C3CC3)nc3c(F)cc(F)cc32)c1. The quantitative estimate of drug-likeness (QED) is 0.372. The summed E-state index contributed by atoms with van der Waals surface area (Å²) in [6.07, 6.45) is -2.79. The molecule has 5 rings (SSSR count). The van der Waals surface area contributed by atoms with Gasteiger partial charge < -0.3 is 5.32 Å². The van der Waals surface area contributed by atoms with Gasteiger partial charge in [-0.3, -0.25) is 4.57 Å². The van der Waals surface area contributed by atoms with Crippen LogP contribution in [0.5, 0.6) is 0 Å². The number of alkyl halides is 3. The highest BCUT2D eigenvalue weighted by molar-refractivity contribution is 5.79. The number of hydrogen-bond acceptors (Lipinski definition) is 4. The number of aromatic nitrogens is 3. The van der Waals surface area contributed by atoms with Crippen molar-refractivity contribution in [2.24, 2.45) is 0 Å². The topological polar surface area (TPSA) is 66.5 Å². The van der Waals surface area contributed by atoms with Crippen LogP contribution in [0.2, 0.25) is 0 Å². The molecule has 1 aliphatic carbocycles. The summed E-state index contributed by atoms with van der Waals surface area (Å²) in [5.41, 5.74) is -0.0888. The largest absolute Gasteiger partial charge is 0.416 e. The Bertz CT molecular complexity index is 1410. The van der Waals surface area contributed by atoms with Gasteiger partial charge in [-0.05, 0) is 49.2 Å². The first kappa shape index (κ1) is 20.9. The Labute approximate surface area is 184 Å². The van der Waals surface area contributed by atoms with Gasteiger partial charge in [0.15, 0.2) is 5.82 Å². The molecule has 0 aliphatic heterocycles. The summed E-state index contributed by atoms with van der Waals surface area (Å²) < 4.78 is 68.4. The van der Waals surface area contributed by atoms with Gasteiger partial charge in [-0.15, -0.1) is 0 Å². The van der Waals surface area contributed by atoms with E-state index < -0.39 is 23.4 Å². The maximum Gasteiger partial charge on any atom is 0.416 e. The van der Waals surface area contributed by atoms with E-state index in [2.05, 4.69) is 15.3 Å². The Hall–Kier alpha value is -4.00. The standard InChI is InChI=1S/C23H14F5N5/c24-15-9-17(25)21-18(10-15)33(22(32-21)13-1-2-13)20-8-12(11-29)7-19(31-20)30-16-5-3-14(4-6-16)23(26,27)28/h3-10,13H,1-2H2,(H,30,31). The monoisotopic (exact) mass is 455 g/mol. The van der Waals surface area contributed by atoms with E-state index in [0.29, 0.717) is 11.5 Å². The van der Waals surface area contributed by atoms with Crippen molar-refractivity contribution in [1.82, 2.24) is 14.5 Å². The minimum atomic E-state index is -4.46. The normalized spacial score (nSPS) is 13.8. The van der Waals surface area contributed by atoms with Gasteiger partial charge in [0.2, 0.25) is 0 Å². The molecule has 0 radical (unpaired) electrons. The van der Waals surface area contributed by atoms with Gasteiger partial charge in [0.05, 0.1) is 22.7 Å². The van der Waals surface area contributed by atoms with Gasteiger partial charge in [0, 0.05) is 23.7 Å². The summed E-state index contributed by atoms with van der Waals surface area (Å²) in [6, 6.07) is 11.2. The lowest BCUT2D eigenvalue weighted by molar-refractivity contribution is -0.137. The van der Waals surface area contributed by atoms with Gasteiger partial charge in [-0.1, -0.05) is 0 Å². The van der Waals surface area contributed by atoms with E-state index in [1.54, 1.807) is 0 Å². The van der Waals surface area contributed by atoms with Crippen LogP contribution >= 0.6 is 0 Å². The molecule has 1 fully saturated rings. The van der Waals surface area contributed by atoms with Crippen molar-refractivity contribution >= 4 is 22.5 Å². The number of rotatable bonds is 4. The lowest BCUT2D eigenvalue weighted by atomic mass is 10.2. The molecule has 1 N–H and O–H groups in total. The summed E-state index contributed by atoms with van der Waals surface area (Å²) in [6.45, 7) is 0. The summed E-state index contributed by atoms with van der Waals surface area (Å²) in [7, 11) is 0. The Morgan fingerprint density at radius 2 is 1.73 bits per heavy atom. The first-order valence-electron chi connectivity index (χ1n) is 9.97. The van der Waals surface area contributed by atoms with Crippen LogP contribution in [-0.4, -0.2) is 14.5 Å². The second-order valence-electron chi connectivity index (χ2n) is 7.75. The molecule has 5 nitrogen and oxygen atoms in total. The van der Waals surface area contributed by atoms with E-state index in [1.807, 2.05) is 6.07 Å². The van der Waals surface area contributed by atoms with Crippen LogP contribution in [0.15, 0.2) is 48.5 Å². The minimum absolute atomic E-state index is 0.000269. The molecule has 4 aromatic rings. The molecule has 33 heavy (non-hydrogen) atoms. The number of nitrogens with zero attached hydrogens (tertiary/aromatic N) is 4. The lowest BCUT2D eigenvalue weighted by Crippen LogP contribution is -2.06. The lowest BCUT2D eigenvalue weighted by Gasteiger charge is -2.13. The van der Waals surface area contributed by atoms with Gasteiger partial charge >= 0.3 is 6.18 Å². The van der Waals surface area contributed by atoms with Gasteiger partial charge in [0.25, 0.3) is 0 Å². The second kappa shape index (κ2) is 7.55. The number of anilines is 2. The van der Waals surface area contributed by atoms with Crippen LogP contribution in [0.25, 0.3) is 16.9 Å². The van der Waals surface area contributed by atoms with Gasteiger partial charge in [-0.25, -0.2) is 18.7 Å². The summed E-state index contributed by atoms with van der Waals surface area (Å²) >= 11 is 0. The molecule has 2 aromatic heterocycles. The number of nitrogens with one attached hydrogen (secondary N) is 1. The third kappa shape index (κ3) is 3.98. The Morgan fingerprint density at radius 3 is 2.36 bits per heavy atom. The Morgan fingerprint density at radius 1 is 1.00 bits per heavy atom. The van der Waals surface area contributed by atoms with Crippen molar-refractivity contribution in [3.8, 4) is 11.9 Å². The van der Waals surface area contributed by atoms with E-state index in [1.165, 1.54) is 28.8 Å². The molecule has 0 atom stereocenters. The highest BCUT2D eigenvalue weighted by Crippen LogP contribution is 2.42. The number of benzene rings is 2. The third-order valence-corrected chi connectivity index (χ3v) is 5.30. The van der Waals surface area contributed by atoms with Crippen LogP contribution in [0.4, 0.5) is 33.5 Å². The molecule has 0 spiro atoms. The summed E-state index contributed by atoms with van der Waals surface area (Å²) in [5, 5.41) is 12.4. The van der Waals surface area contributed by atoms with Gasteiger partial charge in [-0.2, -0.15) is 18.4 Å². The zero-order chi connectivity index (χ0) is 23.3. The third-order valence-electron chi connectivity index (χ3n) is 5.30. The molecule has 166 valence electrons. The summed E-state index contributed by atoms with van der Waals surface area (Å²) in [4.78, 5) is 8.83. The van der Waals surface area contributed by atoms with Crippen LogP contribution in [0.1, 0.15) is 35.7 Å². The molecule has 2 aromatic carbocycles. The number of pyridine rings is 1. The average Bonchev–Trinajstić information content (AvgIpc) is 3.53. The van der Waals surface area contributed by atoms with E-state index in [4.69, 9.17) is 0 Å². The van der Waals surface area contributed by atoms with E-state index in [0.717, 1.165) is 37.1 Å². The molecule has 2 heterocycles. The van der Waals surface area contributed by atoms with Crippen molar-refractivity contribution in [3.05, 3.63) is 77.1 Å².